The molecule has 0 spiro atoms. The molecule has 22 heavy (non-hydrogen) atoms. The second kappa shape index (κ2) is 6.01. The first kappa shape index (κ1) is 14.3. The van der Waals surface area contributed by atoms with Crippen LogP contribution in [-0.4, -0.2) is 44.8 Å². The van der Waals surface area contributed by atoms with E-state index in [4.69, 9.17) is 5.11 Å². The summed E-state index contributed by atoms with van der Waals surface area (Å²) in [5.41, 5.74) is 1.22. The van der Waals surface area contributed by atoms with Crippen LogP contribution in [0.1, 0.15) is 23.3 Å². The number of likely N-dealkylation sites (tertiary alicyclic amines) is 1. The fraction of sp³-hybridized carbons (Fsp3) is 0.312. The van der Waals surface area contributed by atoms with Crippen molar-refractivity contribution in [3.8, 4) is 5.69 Å². The number of hydrogen-bond acceptors (Lipinski definition) is 3. The maximum Gasteiger partial charge on any atom is 0.308 e. The molecule has 1 atom stereocenters. The Balaban J connectivity index is 1.76. The van der Waals surface area contributed by atoms with Crippen LogP contribution in [0.5, 0.6) is 0 Å². The zero-order chi connectivity index (χ0) is 15.5. The third-order valence-corrected chi connectivity index (χ3v) is 3.89. The number of aliphatic carboxylic acids is 1. The molecule has 1 aliphatic rings. The van der Waals surface area contributed by atoms with Crippen molar-refractivity contribution >= 4 is 11.9 Å². The van der Waals surface area contributed by atoms with Gasteiger partial charge in [-0.3, -0.25) is 9.59 Å². The summed E-state index contributed by atoms with van der Waals surface area (Å²) in [6.45, 7) is 0.840. The van der Waals surface area contributed by atoms with Gasteiger partial charge in [-0.25, -0.2) is 4.68 Å². The van der Waals surface area contributed by atoms with Crippen LogP contribution in [0.15, 0.2) is 42.6 Å². The number of hydrogen-bond donors (Lipinski definition) is 1. The van der Waals surface area contributed by atoms with E-state index >= 15 is 0 Å². The van der Waals surface area contributed by atoms with Gasteiger partial charge in [0, 0.05) is 19.3 Å². The predicted molar refractivity (Wildman–Crippen MR) is 79.8 cm³/mol. The number of para-hydroxylation sites is 1. The average molecular weight is 299 g/mol. The summed E-state index contributed by atoms with van der Waals surface area (Å²) in [6.07, 6.45) is 3.07. The van der Waals surface area contributed by atoms with Gasteiger partial charge in [-0.1, -0.05) is 18.2 Å². The van der Waals surface area contributed by atoms with Crippen LogP contribution < -0.4 is 0 Å². The van der Waals surface area contributed by atoms with Gasteiger partial charge in [0.05, 0.1) is 11.6 Å². The van der Waals surface area contributed by atoms with Crippen LogP contribution in [0, 0.1) is 5.92 Å². The fourth-order valence-electron chi connectivity index (χ4n) is 2.69. The maximum atomic E-state index is 12.5. The summed E-state index contributed by atoms with van der Waals surface area (Å²) in [5, 5.41) is 13.4. The Kier molecular flexibility index (Phi) is 3.91. The maximum absolute atomic E-state index is 12.5. The second-order valence-corrected chi connectivity index (χ2v) is 5.41. The van der Waals surface area contributed by atoms with Gasteiger partial charge in [0.1, 0.15) is 0 Å². The van der Waals surface area contributed by atoms with Gasteiger partial charge in [-0.05, 0) is 31.0 Å². The normalized spacial score (nSPS) is 18.2. The van der Waals surface area contributed by atoms with E-state index in [-0.39, 0.29) is 12.5 Å². The van der Waals surface area contributed by atoms with E-state index < -0.39 is 11.9 Å². The largest absolute Gasteiger partial charge is 0.481 e. The zero-order valence-corrected chi connectivity index (χ0v) is 12.1. The second-order valence-electron chi connectivity index (χ2n) is 5.41. The van der Waals surface area contributed by atoms with Crippen molar-refractivity contribution < 1.29 is 14.7 Å². The van der Waals surface area contributed by atoms with Gasteiger partial charge >= 0.3 is 5.97 Å². The van der Waals surface area contributed by atoms with Gasteiger partial charge < -0.3 is 10.0 Å². The van der Waals surface area contributed by atoms with Crippen LogP contribution in [0.3, 0.4) is 0 Å². The van der Waals surface area contributed by atoms with Gasteiger partial charge in [0.2, 0.25) is 0 Å². The summed E-state index contributed by atoms with van der Waals surface area (Å²) in [4.78, 5) is 25.1. The highest BCUT2D eigenvalue weighted by molar-refractivity contribution is 5.92. The van der Waals surface area contributed by atoms with E-state index in [0.717, 1.165) is 5.69 Å². The number of carbonyl (C=O) groups excluding carboxylic acids is 1. The van der Waals surface area contributed by atoms with E-state index in [1.165, 1.54) is 0 Å². The van der Waals surface area contributed by atoms with Crippen LogP contribution >= 0.6 is 0 Å². The van der Waals surface area contributed by atoms with Crippen LogP contribution in [0.2, 0.25) is 0 Å². The molecule has 0 radical (unpaired) electrons. The lowest BCUT2D eigenvalue weighted by Gasteiger charge is -2.30. The van der Waals surface area contributed by atoms with Crippen LogP contribution in [0.25, 0.3) is 5.69 Å². The van der Waals surface area contributed by atoms with Crippen molar-refractivity contribution in [2.75, 3.05) is 13.1 Å². The minimum absolute atomic E-state index is 0.208. The van der Waals surface area contributed by atoms with Crippen molar-refractivity contribution in [1.82, 2.24) is 14.7 Å². The molecule has 1 aliphatic heterocycles. The predicted octanol–water partition coefficient (Wildman–Crippen LogP) is 1.81. The fourth-order valence-corrected chi connectivity index (χ4v) is 2.69. The highest BCUT2D eigenvalue weighted by Gasteiger charge is 2.29. The Bertz CT molecular complexity index is 681. The van der Waals surface area contributed by atoms with Gasteiger partial charge in [0.25, 0.3) is 5.91 Å². The summed E-state index contributed by atoms with van der Waals surface area (Å²) in [5.74, 6) is -1.53. The Labute approximate surface area is 128 Å². The molecule has 1 fully saturated rings. The van der Waals surface area contributed by atoms with Crippen LogP contribution in [-0.2, 0) is 4.79 Å². The van der Waals surface area contributed by atoms with E-state index in [1.807, 2.05) is 30.3 Å². The highest BCUT2D eigenvalue weighted by atomic mass is 16.4. The molecular formula is C16H17N3O3. The molecule has 1 aromatic heterocycles. The van der Waals surface area contributed by atoms with Crippen molar-refractivity contribution in [3.05, 3.63) is 48.3 Å². The standard InChI is InChI=1S/C16H17N3O3/c20-15(18-9-4-5-12(11-18)16(21)22)14-8-10-19(17-14)13-6-2-1-3-7-13/h1-3,6-8,10,12H,4-5,9,11H2,(H,21,22). The number of carboxylic acids is 1. The minimum Gasteiger partial charge on any atom is -0.481 e. The van der Waals surface area contributed by atoms with E-state index in [2.05, 4.69) is 5.10 Å². The minimum atomic E-state index is -0.840. The van der Waals surface area contributed by atoms with Crippen LogP contribution in [0.4, 0.5) is 0 Å². The lowest BCUT2D eigenvalue weighted by molar-refractivity contribution is -0.143. The lowest BCUT2D eigenvalue weighted by Crippen LogP contribution is -2.42. The molecule has 6 nitrogen and oxygen atoms in total. The Morgan fingerprint density at radius 1 is 1.18 bits per heavy atom. The van der Waals surface area contributed by atoms with Crippen molar-refractivity contribution in [3.63, 3.8) is 0 Å². The monoisotopic (exact) mass is 299 g/mol. The number of nitrogens with zero attached hydrogens (tertiary/aromatic N) is 3. The first-order valence-corrected chi connectivity index (χ1v) is 7.28. The quantitative estimate of drug-likeness (QED) is 0.938. The average Bonchev–Trinajstić information content (AvgIpc) is 3.05. The number of carbonyl (C=O) groups is 2. The summed E-state index contributed by atoms with van der Waals surface area (Å²) >= 11 is 0. The van der Waals surface area contributed by atoms with E-state index in [0.29, 0.717) is 25.1 Å². The molecule has 114 valence electrons. The first-order chi connectivity index (χ1) is 10.6. The summed E-state index contributed by atoms with van der Waals surface area (Å²) in [6, 6.07) is 11.2. The third-order valence-electron chi connectivity index (χ3n) is 3.89. The number of benzene rings is 1. The van der Waals surface area contributed by atoms with E-state index in [1.54, 1.807) is 21.8 Å². The first-order valence-electron chi connectivity index (χ1n) is 7.28. The third kappa shape index (κ3) is 2.86. The molecule has 2 aromatic rings. The van der Waals surface area contributed by atoms with E-state index in [9.17, 15) is 9.59 Å². The summed E-state index contributed by atoms with van der Waals surface area (Å²) in [7, 11) is 0. The molecular weight excluding hydrogens is 282 g/mol. The molecule has 6 heteroatoms. The molecule has 1 aromatic carbocycles. The molecule has 1 amide bonds. The number of piperidine rings is 1. The SMILES string of the molecule is O=C(O)C1CCCN(C(=O)c2ccn(-c3ccccc3)n2)C1. The molecule has 1 saturated heterocycles. The number of amides is 1. The number of aromatic nitrogens is 2. The van der Waals surface area contributed by atoms with Crippen molar-refractivity contribution in [2.45, 2.75) is 12.8 Å². The summed E-state index contributed by atoms with van der Waals surface area (Å²) < 4.78 is 1.64. The lowest BCUT2D eigenvalue weighted by atomic mass is 9.98. The number of rotatable bonds is 3. The van der Waals surface area contributed by atoms with Gasteiger partial charge in [0.15, 0.2) is 5.69 Å². The Morgan fingerprint density at radius 3 is 2.68 bits per heavy atom. The smallest absolute Gasteiger partial charge is 0.308 e. The highest BCUT2D eigenvalue weighted by Crippen LogP contribution is 2.18. The molecule has 0 aliphatic carbocycles. The molecule has 3 rings (SSSR count). The topological polar surface area (TPSA) is 75.4 Å². The Hall–Kier alpha value is -2.63. The number of carboxylic acid groups (broad SMARTS) is 1. The van der Waals surface area contributed by atoms with Crippen molar-refractivity contribution in [2.24, 2.45) is 5.92 Å². The molecule has 1 N–H and O–H groups in total. The zero-order valence-electron chi connectivity index (χ0n) is 12.1. The molecule has 2 heterocycles. The van der Waals surface area contributed by atoms with Gasteiger partial charge in [-0.15, -0.1) is 0 Å². The molecule has 0 bridgehead atoms. The van der Waals surface area contributed by atoms with Crippen molar-refractivity contribution in [1.29, 1.82) is 0 Å². The Morgan fingerprint density at radius 2 is 1.95 bits per heavy atom. The molecule has 1 unspecified atom stereocenters. The molecule has 0 saturated carbocycles. The van der Waals surface area contributed by atoms with Gasteiger partial charge in [-0.2, -0.15) is 5.10 Å².